The Hall–Kier alpha value is -2.80. The zero-order chi connectivity index (χ0) is 20.7. The van der Waals surface area contributed by atoms with Gasteiger partial charge in [0.1, 0.15) is 0 Å². The summed E-state index contributed by atoms with van der Waals surface area (Å²) in [6.45, 7) is 4.15. The van der Waals surface area contributed by atoms with Gasteiger partial charge in [-0.3, -0.25) is 4.79 Å². The topological polar surface area (TPSA) is 72.9 Å². The first-order valence-corrected chi connectivity index (χ1v) is 10.6. The molecule has 2 aromatic carbocycles. The molecule has 0 saturated heterocycles. The Balaban J connectivity index is 2.22. The van der Waals surface area contributed by atoms with E-state index in [2.05, 4.69) is 0 Å². The smallest absolute Gasteiger partial charge is 0.306 e. The van der Waals surface area contributed by atoms with Crippen LogP contribution in [0.25, 0.3) is 6.08 Å². The van der Waals surface area contributed by atoms with Crippen molar-refractivity contribution in [1.82, 2.24) is 4.90 Å². The number of amides is 1. The summed E-state index contributed by atoms with van der Waals surface area (Å²) in [5.74, 6) is 0.263. The van der Waals surface area contributed by atoms with Gasteiger partial charge in [0.15, 0.2) is 11.5 Å². The maximum absolute atomic E-state index is 12.7. The van der Waals surface area contributed by atoms with Crippen LogP contribution in [0.4, 0.5) is 0 Å². The van der Waals surface area contributed by atoms with Gasteiger partial charge in [0.2, 0.25) is 5.91 Å². The lowest BCUT2D eigenvalue weighted by molar-refractivity contribution is -0.128. The Morgan fingerprint density at radius 1 is 1.11 bits per heavy atom. The molecule has 7 heteroatoms. The SMILES string of the molecule is COc1ccc(CN(C(=O)/C=C/c2ccccc2)C(C)C)cc1OS(C)(=O)=O. The second-order valence-corrected chi connectivity index (χ2v) is 8.15. The summed E-state index contributed by atoms with van der Waals surface area (Å²) in [6.07, 6.45) is 4.27. The van der Waals surface area contributed by atoms with E-state index in [0.29, 0.717) is 12.3 Å². The summed E-state index contributed by atoms with van der Waals surface area (Å²) < 4.78 is 33.1. The molecule has 0 heterocycles. The third-order valence-electron chi connectivity index (χ3n) is 3.95. The van der Waals surface area contributed by atoms with E-state index in [0.717, 1.165) is 17.4 Å². The second-order valence-electron chi connectivity index (χ2n) is 6.58. The van der Waals surface area contributed by atoms with E-state index in [1.807, 2.05) is 44.2 Å². The first-order chi connectivity index (χ1) is 13.2. The van der Waals surface area contributed by atoms with Crippen LogP contribution in [-0.4, -0.2) is 38.6 Å². The Morgan fingerprint density at radius 3 is 2.36 bits per heavy atom. The zero-order valence-electron chi connectivity index (χ0n) is 16.5. The Kier molecular flexibility index (Phi) is 7.23. The minimum atomic E-state index is -3.70. The van der Waals surface area contributed by atoms with Crippen LogP contribution in [0.5, 0.6) is 11.5 Å². The van der Waals surface area contributed by atoms with Crippen LogP contribution in [0.15, 0.2) is 54.6 Å². The van der Waals surface area contributed by atoms with Gasteiger partial charge in [-0.15, -0.1) is 0 Å². The molecule has 6 nitrogen and oxygen atoms in total. The number of ether oxygens (including phenoxy) is 1. The van der Waals surface area contributed by atoms with Crippen molar-refractivity contribution in [3.63, 3.8) is 0 Å². The molecule has 0 spiro atoms. The maximum atomic E-state index is 12.7. The fourth-order valence-corrected chi connectivity index (χ4v) is 3.04. The molecular formula is C21H25NO5S. The van der Waals surface area contributed by atoms with E-state index in [4.69, 9.17) is 8.92 Å². The molecule has 0 aliphatic rings. The second kappa shape index (κ2) is 9.41. The maximum Gasteiger partial charge on any atom is 0.306 e. The molecule has 0 aliphatic heterocycles. The van der Waals surface area contributed by atoms with Gasteiger partial charge >= 0.3 is 10.1 Å². The van der Waals surface area contributed by atoms with Crippen molar-refractivity contribution in [2.45, 2.75) is 26.4 Å². The summed E-state index contributed by atoms with van der Waals surface area (Å²) >= 11 is 0. The number of hydrogen-bond acceptors (Lipinski definition) is 5. The van der Waals surface area contributed by atoms with E-state index in [1.165, 1.54) is 13.2 Å². The highest BCUT2D eigenvalue weighted by molar-refractivity contribution is 7.86. The summed E-state index contributed by atoms with van der Waals surface area (Å²) in [4.78, 5) is 14.4. The number of carbonyl (C=O) groups excluding carboxylic acids is 1. The van der Waals surface area contributed by atoms with E-state index < -0.39 is 10.1 Å². The monoisotopic (exact) mass is 403 g/mol. The lowest BCUT2D eigenvalue weighted by atomic mass is 10.1. The Bertz CT molecular complexity index is 937. The van der Waals surface area contributed by atoms with Crippen LogP contribution < -0.4 is 8.92 Å². The van der Waals surface area contributed by atoms with Crippen molar-refractivity contribution in [2.75, 3.05) is 13.4 Å². The molecule has 28 heavy (non-hydrogen) atoms. The molecule has 0 unspecified atom stereocenters. The third-order valence-corrected chi connectivity index (χ3v) is 4.43. The molecule has 0 atom stereocenters. The van der Waals surface area contributed by atoms with E-state index in [1.54, 1.807) is 29.2 Å². The molecule has 0 radical (unpaired) electrons. The Labute approximate surface area is 166 Å². The molecule has 0 saturated carbocycles. The zero-order valence-corrected chi connectivity index (χ0v) is 17.3. The van der Waals surface area contributed by atoms with Crippen molar-refractivity contribution in [1.29, 1.82) is 0 Å². The average molecular weight is 404 g/mol. The number of carbonyl (C=O) groups is 1. The van der Waals surface area contributed by atoms with E-state index >= 15 is 0 Å². The van der Waals surface area contributed by atoms with Gasteiger partial charge < -0.3 is 13.8 Å². The number of nitrogens with zero attached hydrogens (tertiary/aromatic N) is 1. The van der Waals surface area contributed by atoms with Crippen LogP contribution in [0.3, 0.4) is 0 Å². The molecule has 0 aliphatic carbocycles. The highest BCUT2D eigenvalue weighted by atomic mass is 32.2. The van der Waals surface area contributed by atoms with Crippen LogP contribution in [0, 0.1) is 0 Å². The van der Waals surface area contributed by atoms with Crippen LogP contribution in [0.1, 0.15) is 25.0 Å². The summed E-state index contributed by atoms with van der Waals surface area (Å²) in [6, 6.07) is 14.5. The highest BCUT2D eigenvalue weighted by Gasteiger charge is 2.17. The van der Waals surface area contributed by atoms with Crippen molar-refractivity contribution < 1.29 is 22.1 Å². The minimum absolute atomic E-state index is 0.0469. The normalized spacial score (nSPS) is 11.6. The minimum Gasteiger partial charge on any atom is -0.493 e. The largest absolute Gasteiger partial charge is 0.493 e. The molecule has 2 rings (SSSR count). The van der Waals surface area contributed by atoms with E-state index in [-0.39, 0.29) is 17.7 Å². The quantitative estimate of drug-likeness (QED) is 0.498. The van der Waals surface area contributed by atoms with Gasteiger partial charge in [-0.05, 0) is 43.2 Å². The first kappa shape index (κ1) is 21.5. The summed E-state index contributed by atoms with van der Waals surface area (Å²) in [5.41, 5.74) is 1.67. The molecule has 150 valence electrons. The van der Waals surface area contributed by atoms with Crippen LogP contribution in [-0.2, 0) is 21.5 Å². The van der Waals surface area contributed by atoms with Gasteiger partial charge in [0.25, 0.3) is 0 Å². The molecule has 0 N–H and O–H groups in total. The first-order valence-electron chi connectivity index (χ1n) is 8.79. The van der Waals surface area contributed by atoms with E-state index in [9.17, 15) is 13.2 Å². The predicted molar refractivity (Wildman–Crippen MR) is 110 cm³/mol. The molecule has 0 fully saturated rings. The fourth-order valence-electron chi connectivity index (χ4n) is 2.59. The predicted octanol–water partition coefficient (Wildman–Crippen LogP) is 3.48. The van der Waals surface area contributed by atoms with Crippen molar-refractivity contribution in [3.05, 3.63) is 65.7 Å². The summed E-state index contributed by atoms with van der Waals surface area (Å²) in [7, 11) is -2.27. The van der Waals surface area contributed by atoms with Gasteiger partial charge in [-0.25, -0.2) is 0 Å². The van der Waals surface area contributed by atoms with Gasteiger partial charge in [-0.1, -0.05) is 36.4 Å². The average Bonchev–Trinajstić information content (AvgIpc) is 2.63. The molecule has 0 bridgehead atoms. The standard InChI is InChI=1S/C21H25NO5S/c1-16(2)22(21(23)13-11-17-8-6-5-7-9-17)15-18-10-12-19(26-3)20(14-18)27-28(4,24)25/h5-14,16H,15H2,1-4H3/b13-11+. The lowest BCUT2D eigenvalue weighted by Gasteiger charge is -2.26. The lowest BCUT2D eigenvalue weighted by Crippen LogP contribution is -2.35. The summed E-state index contributed by atoms with van der Waals surface area (Å²) in [5, 5.41) is 0. The van der Waals surface area contributed by atoms with Crippen molar-refractivity contribution in [2.24, 2.45) is 0 Å². The molecule has 0 aromatic heterocycles. The van der Waals surface area contributed by atoms with Gasteiger partial charge in [0.05, 0.1) is 13.4 Å². The number of hydrogen-bond donors (Lipinski definition) is 0. The highest BCUT2D eigenvalue weighted by Crippen LogP contribution is 2.30. The van der Waals surface area contributed by atoms with Crippen LogP contribution in [0.2, 0.25) is 0 Å². The molecule has 1 amide bonds. The van der Waals surface area contributed by atoms with Gasteiger partial charge in [0, 0.05) is 18.7 Å². The van der Waals surface area contributed by atoms with Crippen LogP contribution >= 0.6 is 0 Å². The molecular weight excluding hydrogens is 378 g/mol. The number of rotatable bonds is 8. The number of methoxy groups -OCH3 is 1. The molecule has 2 aromatic rings. The van der Waals surface area contributed by atoms with Crippen molar-refractivity contribution >= 4 is 22.1 Å². The third kappa shape index (κ3) is 6.42. The Morgan fingerprint density at radius 2 is 1.79 bits per heavy atom. The fraction of sp³-hybridized carbons (Fsp3) is 0.286. The number of benzene rings is 2. The van der Waals surface area contributed by atoms with Gasteiger partial charge in [-0.2, -0.15) is 8.42 Å². The van der Waals surface area contributed by atoms with Crippen molar-refractivity contribution in [3.8, 4) is 11.5 Å².